The third-order valence-corrected chi connectivity index (χ3v) is 3.65. The van der Waals surface area contributed by atoms with E-state index in [9.17, 15) is 4.79 Å². The van der Waals surface area contributed by atoms with E-state index in [1.165, 1.54) is 32.1 Å². The summed E-state index contributed by atoms with van der Waals surface area (Å²) in [5.74, 6) is 1.12. The molecule has 0 saturated heterocycles. The smallest absolute Gasteiger partial charge is 0.220 e. The summed E-state index contributed by atoms with van der Waals surface area (Å²) >= 11 is 0. The van der Waals surface area contributed by atoms with Crippen molar-refractivity contribution < 1.29 is 4.79 Å². The first-order valence-electron chi connectivity index (χ1n) is 6.77. The van der Waals surface area contributed by atoms with Crippen molar-refractivity contribution in [1.29, 1.82) is 0 Å². The van der Waals surface area contributed by atoms with Gasteiger partial charge in [-0.2, -0.15) is 0 Å². The predicted octanol–water partition coefficient (Wildman–Crippen LogP) is 1.82. The van der Waals surface area contributed by atoms with E-state index in [0.29, 0.717) is 18.5 Å². The standard InChI is InChI=1S/C13H24N2O/c1-10-4-5-12(9-10)14-8-2-3-13(16)15-11-6-7-11/h10-12,14H,2-9H2,1H3,(H,15,16). The maximum atomic E-state index is 11.4. The summed E-state index contributed by atoms with van der Waals surface area (Å²) in [4.78, 5) is 11.4. The lowest BCUT2D eigenvalue weighted by atomic mass is 10.1. The second kappa shape index (κ2) is 5.67. The minimum Gasteiger partial charge on any atom is -0.353 e. The molecule has 0 heterocycles. The normalized spacial score (nSPS) is 29.3. The van der Waals surface area contributed by atoms with Crippen LogP contribution in [0.3, 0.4) is 0 Å². The number of nitrogens with one attached hydrogen (secondary N) is 2. The molecule has 0 aromatic rings. The van der Waals surface area contributed by atoms with E-state index < -0.39 is 0 Å². The second-order valence-electron chi connectivity index (χ2n) is 5.51. The van der Waals surface area contributed by atoms with Crippen LogP contribution in [0.2, 0.25) is 0 Å². The second-order valence-corrected chi connectivity index (χ2v) is 5.51. The first kappa shape index (κ1) is 11.9. The number of carbonyl (C=O) groups is 1. The summed E-state index contributed by atoms with van der Waals surface area (Å²) < 4.78 is 0. The molecule has 0 spiro atoms. The molecule has 0 radical (unpaired) electrons. The fraction of sp³-hybridized carbons (Fsp3) is 0.923. The van der Waals surface area contributed by atoms with E-state index in [1.54, 1.807) is 0 Å². The van der Waals surface area contributed by atoms with Crippen LogP contribution in [0.15, 0.2) is 0 Å². The molecule has 92 valence electrons. The molecule has 0 aromatic heterocycles. The molecule has 3 heteroatoms. The van der Waals surface area contributed by atoms with Crippen LogP contribution in [0.25, 0.3) is 0 Å². The van der Waals surface area contributed by atoms with Crippen molar-refractivity contribution in [2.24, 2.45) is 5.92 Å². The Morgan fingerprint density at radius 1 is 1.19 bits per heavy atom. The van der Waals surface area contributed by atoms with Gasteiger partial charge in [0, 0.05) is 18.5 Å². The Labute approximate surface area is 98.4 Å². The van der Waals surface area contributed by atoms with E-state index >= 15 is 0 Å². The van der Waals surface area contributed by atoms with Gasteiger partial charge in [0.15, 0.2) is 0 Å². The monoisotopic (exact) mass is 224 g/mol. The van der Waals surface area contributed by atoms with Gasteiger partial charge >= 0.3 is 0 Å². The van der Waals surface area contributed by atoms with Crippen LogP contribution in [0.1, 0.15) is 51.9 Å². The molecule has 2 atom stereocenters. The number of hydrogen-bond donors (Lipinski definition) is 2. The molecule has 2 aliphatic carbocycles. The van der Waals surface area contributed by atoms with Gasteiger partial charge < -0.3 is 10.6 Å². The van der Waals surface area contributed by atoms with Gasteiger partial charge in [0.25, 0.3) is 0 Å². The molecule has 16 heavy (non-hydrogen) atoms. The largest absolute Gasteiger partial charge is 0.353 e. The van der Waals surface area contributed by atoms with Gasteiger partial charge in [0.05, 0.1) is 0 Å². The topological polar surface area (TPSA) is 41.1 Å². The highest BCUT2D eigenvalue weighted by atomic mass is 16.1. The quantitative estimate of drug-likeness (QED) is 0.676. The maximum absolute atomic E-state index is 11.4. The molecule has 1 amide bonds. The highest BCUT2D eigenvalue weighted by molar-refractivity contribution is 5.76. The van der Waals surface area contributed by atoms with Gasteiger partial charge in [-0.3, -0.25) is 4.79 Å². The molecular formula is C13H24N2O. The zero-order valence-electron chi connectivity index (χ0n) is 10.3. The van der Waals surface area contributed by atoms with E-state index in [4.69, 9.17) is 0 Å². The fourth-order valence-electron chi connectivity index (χ4n) is 2.48. The van der Waals surface area contributed by atoms with Crippen LogP contribution in [0.4, 0.5) is 0 Å². The molecule has 2 fully saturated rings. The van der Waals surface area contributed by atoms with Crippen molar-refractivity contribution in [3.8, 4) is 0 Å². The molecule has 2 aliphatic rings. The molecule has 2 N–H and O–H groups in total. The zero-order valence-corrected chi connectivity index (χ0v) is 10.3. The molecule has 2 rings (SSSR count). The average molecular weight is 224 g/mol. The van der Waals surface area contributed by atoms with E-state index in [1.807, 2.05) is 0 Å². The Kier molecular flexibility index (Phi) is 4.22. The Bertz CT molecular complexity index is 238. The third kappa shape index (κ3) is 4.12. The summed E-state index contributed by atoms with van der Waals surface area (Å²) in [5.41, 5.74) is 0. The van der Waals surface area contributed by atoms with Gasteiger partial charge in [-0.05, 0) is 51.0 Å². The summed E-state index contributed by atoms with van der Waals surface area (Å²) in [6.45, 7) is 3.32. The van der Waals surface area contributed by atoms with Gasteiger partial charge in [-0.25, -0.2) is 0 Å². The van der Waals surface area contributed by atoms with E-state index in [2.05, 4.69) is 17.6 Å². The third-order valence-electron chi connectivity index (χ3n) is 3.65. The minimum absolute atomic E-state index is 0.240. The van der Waals surface area contributed by atoms with Crippen LogP contribution < -0.4 is 10.6 Å². The number of carbonyl (C=O) groups excluding carboxylic acids is 1. The van der Waals surface area contributed by atoms with Gasteiger partial charge in [0.2, 0.25) is 5.91 Å². The van der Waals surface area contributed by atoms with Gasteiger partial charge in [-0.1, -0.05) is 6.92 Å². The van der Waals surface area contributed by atoms with E-state index in [-0.39, 0.29) is 5.91 Å². The summed E-state index contributed by atoms with van der Waals surface area (Å²) in [6.07, 6.45) is 8.02. The zero-order chi connectivity index (χ0) is 11.4. The van der Waals surface area contributed by atoms with Crippen molar-refractivity contribution in [2.75, 3.05) is 6.54 Å². The highest BCUT2D eigenvalue weighted by Crippen LogP contribution is 2.24. The van der Waals surface area contributed by atoms with Crippen molar-refractivity contribution >= 4 is 5.91 Å². The summed E-state index contributed by atoms with van der Waals surface area (Å²) in [5, 5.41) is 6.58. The average Bonchev–Trinajstić information content (AvgIpc) is 2.95. The highest BCUT2D eigenvalue weighted by Gasteiger charge is 2.23. The van der Waals surface area contributed by atoms with Gasteiger partial charge in [0.1, 0.15) is 0 Å². The Balaban J connectivity index is 1.46. The lowest BCUT2D eigenvalue weighted by Crippen LogP contribution is -2.29. The first-order chi connectivity index (χ1) is 7.74. The lowest BCUT2D eigenvalue weighted by molar-refractivity contribution is -0.121. The lowest BCUT2D eigenvalue weighted by Gasteiger charge is -2.11. The van der Waals surface area contributed by atoms with Crippen LogP contribution in [0, 0.1) is 5.92 Å². The van der Waals surface area contributed by atoms with Crippen molar-refractivity contribution in [3.63, 3.8) is 0 Å². The number of rotatable bonds is 6. The minimum atomic E-state index is 0.240. The van der Waals surface area contributed by atoms with Crippen molar-refractivity contribution in [2.45, 2.75) is 64.0 Å². The Morgan fingerprint density at radius 2 is 1.94 bits per heavy atom. The van der Waals surface area contributed by atoms with Gasteiger partial charge in [-0.15, -0.1) is 0 Å². The molecule has 2 saturated carbocycles. The molecule has 0 bridgehead atoms. The molecule has 3 nitrogen and oxygen atoms in total. The summed E-state index contributed by atoms with van der Waals surface area (Å²) in [7, 11) is 0. The Morgan fingerprint density at radius 3 is 2.56 bits per heavy atom. The number of amides is 1. The fourth-order valence-corrected chi connectivity index (χ4v) is 2.48. The van der Waals surface area contributed by atoms with Crippen LogP contribution >= 0.6 is 0 Å². The predicted molar refractivity (Wildman–Crippen MR) is 65.2 cm³/mol. The number of hydrogen-bond acceptors (Lipinski definition) is 2. The molecule has 2 unspecified atom stereocenters. The van der Waals surface area contributed by atoms with E-state index in [0.717, 1.165) is 18.9 Å². The Hall–Kier alpha value is -0.570. The van der Waals surface area contributed by atoms with Crippen LogP contribution in [-0.2, 0) is 4.79 Å². The molecule has 0 aromatic carbocycles. The first-order valence-corrected chi connectivity index (χ1v) is 6.77. The van der Waals surface area contributed by atoms with Crippen molar-refractivity contribution in [3.05, 3.63) is 0 Å². The summed E-state index contributed by atoms with van der Waals surface area (Å²) in [6, 6.07) is 1.22. The van der Waals surface area contributed by atoms with Crippen molar-refractivity contribution in [1.82, 2.24) is 10.6 Å². The SMILES string of the molecule is CC1CCC(NCCCC(=O)NC2CC2)C1. The molecular weight excluding hydrogens is 200 g/mol. The van der Waals surface area contributed by atoms with Crippen LogP contribution in [0.5, 0.6) is 0 Å². The molecule has 0 aliphatic heterocycles. The maximum Gasteiger partial charge on any atom is 0.220 e. The van der Waals surface area contributed by atoms with Crippen LogP contribution in [-0.4, -0.2) is 24.5 Å².